The highest BCUT2D eigenvalue weighted by Crippen LogP contribution is 2.16. The zero-order valence-electron chi connectivity index (χ0n) is 11.6. The van der Waals surface area contributed by atoms with Crippen molar-refractivity contribution in [1.82, 2.24) is 0 Å². The second kappa shape index (κ2) is 6.75. The Balaban J connectivity index is 1.94. The van der Waals surface area contributed by atoms with Gasteiger partial charge in [0.05, 0.1) is 6.42 Å². The van der Waals surface area contributed by atoms with Crippen LogP contribution in [0.4, 0.5) is 5.69 Å². The summed E-state index contributed by atoms with van der Waals surface area (Å²) >= 11 is 0. The summed E-state index contributed by atoms with van der Waals surface area (Å²) in [5, 5.41) is 12.1. The number of hydrogen-bond acceptors (Lipinski definition) is 2. The Hall–Kier alpha value is -2.29. The quantitative estimate of drug-likeness (QED) is 0.872. The van der Waals surface area contributed by atoms with E-state index in [1.165, 1.54) is 11.6 Å². The van der Waals surface area contributed by atoms with Crippen LogP contribution in [0.3, 0.4) is 0 Å². The predicted molar refractivity (Wildman–Crippen MR) is 80.9 cm³/mol. The van der Waals surface area contributed by atoms with Gasteiger partial charge >= 0.3 is 0 Å². The lowest BCUT2D eigenvalue weighted by Crippen LogP contribution is -2.14. The Kier molecular flexibility index (Phi) is 4.77. The molecule has 20 heavy (non-hydrogen) atoms. The minimum absolute atomic E-state index is 0.0844. The molecule has 2 aromatic carbocycles. The molecule has 0 aromatic heterocycles. The molecule has 104 valence electrons. The van der Waals surface area contributed by atoms with Crippen molar-refractivity contribution in [3.63, 3.8) is 0 Å². The topological polar surface area (TPSA) is 49.3 Å². The summed E-state index contributed by atoms with van der Waals surface area (Å²) in [6.07, 6.45) is 2.52. The Morgan fingerprint density at radius 3 is 2.45 bits per heavy atom. The number of anilines is 1. The SMILES string of the molecule is CCCc1ccc(CC(=O)Nc2cccc(O)c2)cc1. The molecule has 0 aliphatic heterocycles. The maximum Gasteiger partial charge on any atom is 0.228 e. The van der Waals surface area contributed by atoms with Gasteiger partial charge in [-0.3, -0.25) is 4.79 Å². The van der Waals surface area contributed by atoms with E-state index >= 15 is 0 Å². The van der Waals surface area contributed by atoms with Crippen molar-refractivity contribution < 1.29 is 9.90 Å². The van der Waals surface area contributed by atoms with Crippen LogP contribution < -0.4 is 5.32 Å². The van der Waals surface area contributed by atoms with Gasteiger partial charge in [0.15, 0.2) is 0 Å². The van der Waals surface area contributed by atoms with Crippen LogP contribution in [0.5, 0.6) is 5.75 Å². The smallest absolute Gasteiger partial charge is 0.228 e. The Labute approximate surface area is 119 Å². The summed E-state index contributed by atoms with van der Waals surface area (Å²) in [7, 11) is 0. The number of aromatic hydroxyl groups is 1. The van der Waals surface area contributed by atoms with E-state index < -0.39 is 0 Å². The second-order valence-electron chi connectivity index (χ2n) is 4.84. The van der Waals surface area contributed by atoms with Gasteiger partial charge in [-0.15, -0.1) is 0 Å². The Bertz CT molecular complexity index is 576. The monoisotopic (exact) mass is 269 g/mol. The lowest BCUT2D eigenvalue weighted by Gasteiger charge is -2.06. The first-order valence-electron chi connectivity index (χ1n) is 6.84. The molecule has 3 heteroatoms. The summed E-state index contributed by atoms with van der Waals surface area (Å²) < 4.78 is 0. The van der Waals surface area contributed by atoms with Gasteiger partial charge in [0, 0.05) is 11.8 Å². The van der Waals surface area contributed by atoms with Crippen LogP contribution in [0, 0.1) is 0 Å². The van der Waals surface area contributed by atoms with E-state index in [0.29, 0.717) is 12.1 Å². The highest BCUT2D eigenvalue weighted by atomic mass is 16.3. The van der Waals surface area contributed by atoms with Crippen LogP contribution in [0.25, 0.3) is 0 Å². The summed E-state index contributed by atoms with van der Waals surface area (Å²) in [4.78, 5) is 11.9. The molecule has 0 bridgehead atoms. The fraction of sp³-hybridized carbons (Fsp3) is 0.235. The average molecular weight is 269 g/mol. The molecule has 3 nitrogen and oxygen atoms in total. The third-order valence-electron chi connectivity index (χ3n) is 3.06. The van der Waals surface area contributed by atoms with E-state index in [1.807, 2.05) is 12.1 Å². The molecular weight excluding hydrogens is 250 g/mol. The first kappa shape index (κ1) is 14.1. The van der Waals surface area contributed by atoms with Crippen LogP contribution in [-0.2, 0) is 17.6 Å². The van der Waals surface area contributed by atoms with Crippen molar-refractivity contribution in [3.8, 4) is 5.75 Å². The normalized spacial score (nSPS) is 10.2. The highest BCUT2D eigenvalue weighted by Gasteiger charge is 2.04. The van der Waals surface area contributed by atoms with Crippen molar-refractivity contribution in [1.29, 1.82) is 0 Å². The summed E-state index contributed by atoms with van der Waals surface area (Å²) in [6.45, 7) is 2.15. The number of nitrogens with one attached hydrogen (secondary N) is 1. The molecule has 2 rings (SSSR count). The van der Waals surface area contributed by atoms with Crippen LogP contribution >= 0.6 is 0 Å². The van der Waals surface area contributed by atoms with Crippen LogP contribution in [0.2, 0.25) is 0 Å². The summed E-state index contributed by atoms with van der Waals surface area (Å²) in [6, 6.07) is 14.7. The number of rotatable bonds is 5. The molecule has 0 unspecified atom stereocenters. The molecule has 0 atom stereocenters. The van der Waals surface area contributed by atoms with Gasteiger partial charge in [-0.1, -0.05) is 43.7 Å². The lowest BCUT2D eigenvalue weighted by molar-refractivity contribution is -0.115. The van der Waals surface area contributed by atoms with Crippen LogP contribution in [-0.4, -0.2) is 11.0 Å². The second-order valence-corrected chi connectivity index (χ2v) is 4.84. The summed E-state index contributed by atoms with van der Waals surface area (Å²) in [5.74, 6) is 0.0607. The molecule has 0 aliphatic carbocycles. The minimum Gasteiger partial charge on any atom is -0.508 e. The Morgan fingerprint density at radius 1 is 1.10 bits per heavy atom. The fourth-order valence-electron chi connectivity index (χ4n) is 2.09. The molecule has 0 saturated carbocycles. The highest BCUT2D eigenvalue weighted by molar-refractivity contribution is 5.92. The minimum atomic E-state index is -0.0844. The third kappa shape index (κ3) is 4.12. The van der Waals surface area contributed by atoms with E-state index in [0.717, 1.165) is 18.4 Å². The molecule has 0 heterocycles. The predicted octanol–water partition coefficient (Wildman–Crippen LogP) is 3.53. The molecule has 0 spiro atoms. The third-order valence-corrected chi connectivity index (χ3v) is 3.06. The van der Waals surface area contributed by atoms with Gasteiger partial charge in [0.2, 0.25) is 5.91 Å². The number of aryl methyl sites for hydroxylation is 1. The van der Waals surface area contributed by atoms with Crippen molar-refractivity contribution in [3.05, 3.63) is 59.7 Å². The lowest BCUT2D eigenvalue weighted by atomic mass is 10.1. The molecule has 1 amide bonds. The van der Waals surface area contributed by atoms with Gasteiger partial charge in [-0.2, -0.15) is 0 Å². The molecule has 0 saturated heterocycles. The van der Waals surface area contributed by atoms with Gasteiger partial charge in [-0.05, 0) is 29.7 Å². The van der Waals surface area contributed by atoms with Gasteiger partial charge in [0.1, 0.15) is 5.75 Å². The average Bonchev–Trinajstić information content (AvgIpc) is 2.41. The first-order chi connectivity index (χ1) is 9.67. The summed E-state index contributed by atoms with van der Waals surface area (Å²) in [5.41, 5.74) is 2.89. The maximum absolute atomic E-state index is 11.9. The number of benzene rings is 2. The van der Waals surface area contributed by atoms with Crippen molar-refractivity contribution in [2.24, 2.45) is 0 Å². The van der Waals surface area contributed by atoms with Crippen molar-refractivity contribution in [2.45, 2.75) is 26.2 Å². The van der Waals surface area contributed by atoms with Gasteiger partial charge < -0.3 is 10.4 Å². The van der Waals surface area contributed by atoms with Crippen molar-refractivity contribution in [2.75, 3.05) is 5.32 Å². The molecular formula is C17H19NO2. The zero-order chi connectivity index (χ0) is 14.4. The standard InChI is InChI=1S/C17H19NO2/c1-2-4-13-7-9-14(10-8-13)11-17(20)18-15-5-3-6-16(19)12-15/h3,5-10,12,19H,2,4,11H2,1H3,(H,18,20). The number of carbonyl (C=O) groups excluding carboxylic acids is 1. The number of amides is 1. The fourth-order valence-corrected chi connectivity index (χ4v) is 2.09. The first-order valence-corrected chi connectivity index (χ1v) is 6.84. The van der Waals surface area contributed by atoms with Crippen LogP contribution in [0.1, 0.15) is 24.5 Å². The Morgan fingerprint density at radius 2 is 1.80 bits per heavy atom. The van der Waals surface area contributed by atoms with Crippen molar-refractivity contribution >= 4 is 11.6 Å². The number of phenols is 1. The number of phenolic OH excluding ortho intramolecular Hbond substituents is 1. The molecule has 2 aromatic rings. The van der Waals surface area contributed by atoms with E-state index in [-0.39, 0.29) is 11.7 Å². The number of carbonyl (C=O) groups is 1. The van der Waals surface area contributed by atoms with Gasteiger partial charge in [0.25, 0.3) is 0 Å². The van der Waals surface area contributed by atoms with Crippen LogP contribution in [0.15, 0.2) is 48.5 Å². The largest absolute Gasteiger partial charge is 0.508 e. The maximum atomic E-state index is 11.9. The van der Waals surface area contributed by atoms with E-state index in [9.17, 15) is 9.90 Å². The molecule has 0 fully saturated rings. The van der Waals surface area contributed by atoms with E-state index in [4.69, 9.17) is 0 Å². The van der Waals surface area contributed by atoms with Gasteiger partial charge in [-0.25, -0.2) is 0 Å². The van der Waals surface area contributed by atoms with E-state index in [2.05, 4.69) is 24.4 Å². The zero-order valence-corrected chi connectivity index (χ0v) is 11.6. The molecule has 0 radical (unpaired) electrons. The van der Waals surface area contributed by atoms with E-state index in [1.54, 1.807) is 18.2 Å². The molecule has 2 N–H and O–H groups in total. The molecule has 0 aliphatic rings. The number of hydrogen-bond donors (Lipinski definition) is 2.